The standard InChI is InChI=1S/C34H32FN3O4S2/c1-3-42-34(39)29-20-43-33(37-29)27-18-30(26-9-5-8-25(17-26)24-7-4-6-21(2)14-24)38(31(27)16-22-10-11-22)19-23-12-13-32(28(35)15-23)44(36,40)41/h4-9,12-15,17-18,20,22H,3,10-11,16,19H2,1-2H3,(H2,36,40,41). The lowest BCUT2D eigenvalue weighted by atomic mass is 10.00. The van der Waals surface area contributed by atoms with Crippen molar-refractivity contribution < 1.29 is 22.3 Å². The van der Waals surface area contributed by atoms with E-state index >= 15 is 0 Å². The number of sulfonamides is 1. The third-order valence-electron chi connectivity index (χ3n) is 7.76. The van der Waals surface area contributed by atoms with Gasteiger partial charge in [0.05, 0.1) is 6.61 Å². The number of hydrogen-bond acceptors (Lipinski definition) is 6. The van der Waals surface area contributed by atoms with Crippen molar-refractivity contribution in [1.82, 2.24) is 9.55 Å². The summed E-state index contributed by atoms with van der Waals surface area (Å²) in [4.78, 5) is 16.6. The van der Waals surface area contributed by atoms with E-state index in [0.29, 0.717) is 23.0 Å². The number of nitrogens with two attached hydrogens (primary N) is 1. The number of carbonyl (C=O) groups is 1. The molecule has 0 bridgehead atoms. The zero-order valence-electron chi connectivity index (χ0n) is 24.4. The first-order valence-electron chi connectivity index (χ1n) is 14.4. The van der Waals surface area contributed by atoms with Crippen LogP contribution in [0.25, 0.3) is 33.0 Å². The van der Waals surface area contributed by atoms with E-state index in [1.165, 1.54) is 23.5 Å². The maximum absolute atomic E-state index is 15.0. The summed E-state index contributed by atoms with van der Waals surface area (Å²) in [6, 6.07) is 22.7. The number of rotatable bonds is 10. The Morgan fingerprint density at radius 2 is 1.77 bits per heavy atom. The molecule has 1 aliphatic rings. The van der Waals surface area contributed by atoms with Crippen LogP contribution in [0.2, 0.25) is 0 Å². The van der Waals surface area contributed by atoms with E-state index in [2.05, 4.69) is 52.9 Å². The summed E-state index contributed by atoms with van der Waals surface area (Å²) in [6.45, 7) is 4.38. The normalized spacial score (nSPS) is 13.3. The van der Waals surface area contributed by atoms with E-state index in [-0.39, 0.29) is 12.3 Å². The van der Waals surface area contributed by atoms with Crippen molar-refractivity contribution in [3.05, 3.63) is 107 Å². The molecule has 6 rings (SSSR count). The molecule has 0 saturated heterocycles. The second-order valence-corrected chi connectivity index (χ2v) is 13.5. The molecule has 226 valence electrons. The molecule has 0 amide bonds. The number of thiazole rings is 1. The molecule has 1 fully saturated rings. The predicted molar refractivity (Wildman–Crippen MR) is 170 cm³/mol. The lowest BCUT2D eigenvalue weighted by molar-refractivity contribution is 0.0520. The van der Waals surface area contributed by atoms with Gasteiger partial charge in [-0.3, -0.25) is 0 Å². The average Bonchev–Trinajstić information content (AvgIpc) is 3.55. The molecule has 1 saturated carbocycles. The van der Waals surface area contributed by atoms with Gasteiger partial charge in [-0.1, -0.05) is 54.1 Å². The molecule has 2 heterocycles. The first-order chi connectivity index (χ1) is 21.1. The average molecular weight is 630 g/mol. The minimum atomic E-state index is -4.19. The lowest BCUT2D eigenvalue weighted by Gasteiger charge is -2.16. The monoisotopic (exact) mass is 629 g/mol. The largest absolute Gasteiger partial charge is 0.461 e. The topological polar surface area (TPSA) is 104 Å². The number of nitrogens with zero attached hydrogens (tertiary/aromatic N) is 2. The molecule has 0 unspecified atom stereocenters. The number of ether oxygens (including phenoxy) is 1. The smallest absolute Gasteiger partial charge is 0.357 e. The van der Waals surface area contributed by atoms with Gasteiger partial charge >= 0.3 is 5.97 Å². The maximum atomic E-state index is 15.0. The maximum Gasteiger partial charge on any atom is 0.357 e. The highest BCUT2D eigenvalue weighted by molar-refractivity contribution is 7.89. The molecule has 44 heavy (non-hydrogen) atoms. The quantitative estimate of drug-likeness (QED) is 0.164. The molecular formula is C34H32FN3O4S2. The van der Waals surface area contributed by atoms with Gasteiger partial charge in [-0.2, -0.15) is 0 Å². The molecule has 2 aromatic heterocycles. The zero-order valence-corrected chi connectivity index (χ0v) is 26.1. The van der Waals surface area contributed by atoms with Gasteiger partial charge in [0, 0.05) is 28.9 Å². The van der Waals surface area contributed by atoms with Gasteiger partial charge in [-0.15, -0.1) is 11.3 Å². The number of aryl methyl sites for hydroxylation is 1. The third kappa shape index (κ3) is 6.38. The van der Waals surface area contributed by atoms with Gasteiger partial charge < -0.3 is 9.30 Å². The molecule has 7 nitrogen and oxygen atoms in total. The Bertz CT molecular complexity index is 1980. The highest BCUT2D eigenvalue weighted by Crippen LogP contribution is 2.41. The minimum Gasteiger partial charge on any atom is -0.461 e. The second kappa shape index (κ2) is 12.1. The number of hydrogen-bond donors (Lipinski definition) is 1. The summed E-state index contributed by atoms with van der Waals surface area (Å²) in [7, 11) is -4.19. The summed E-state index contributed by atoms with van der Waals surface area (Å²) < 4.78 is 46.0. The van der Waals surface area contributed by atoms with Gasteiger partial charge in [0.25, 0.3) is 0 Å². The number of aromatic nitrogens is 2. The van der Waals surface area contributed by atoms with Gasteiger partial charge in [-0.05, 0) is 85.5 Å². The van der Waals surface area contributed by atoms with Crippen molar-refractivity contribution in [1.29, 1.82) is 0 Å². The van der Waals surface area contributed by atoms with Crippen molar-refractivity contribution in [3.63, 3.8) is 0 Å². The number of halogens is 1. The number of esters is 1. The van der Waals surface area contributed by atoms with Gasteiger partial charge in [0.2, 0.25) is 10.0 Å². The van der Waals surface area contributed by atoms with E-state index < -0.39 is 26.7 Å². The third-order valence-corrected chi connectivity index (χ3v) is 9.58. The molecule has 0 atom stereocenters. The Balaban J connectivity index is 1.51. The molecular weight excluding hydrogens is 598 g/mol. The molecule has 0 aliphatic heterocycles. The molecule has 2 N–H and O–H groups in total. The van der Waals surface area contributed by atoms with Crippen LogP contribution in [0.4, 0.5) is 4.39 Å². The lowest BCUT2D eigenvalue weighted by Crippen LogP contribution is -2.14. The van der Waals surface area contributed by atoms with Crippen molar-refractivity contribution in [2.45, 2.75) is 44.6 Å². The summed E-state index contributed by atoms with van der Waals surface area (Å²) in [5.74, 6) is -0.836. The fraction of sp³-hybridized carbons (Fsp3) is 0.235. The van der Waals surface area contributed by atoms with E-state index in [1.54, 1.807) is 18.4 Å². The van der Waals surface area contributed by atoms with Crippen LogP contribution in [0.5, 0.6) is 0 Å². The highest BCUT2D eigenvalue weighted by atomic mass is 32.2. The van der Waals surface area contributed by atoms with Crippen LogP contribution in [0.3, 0.4) is 0 Å². The summed E-state index contributed by atoms with van der Waals surface area (Å²) in [5, 5.41) is 7.63. The molecule has 0 radical (unpaired) electrons. The Morgan fingerprint density at radius 1 is 1.05 bits per heavy atom. The molecule has 3 aromatic carbocycles. The first kappa shape index (κ1) is 29.9. The van der Waals surface area contributed by atoms with Crippen LogP contribution in [-0.2, 0) is 27.7 Å². The van der Waals surface area contributed by atoms with Crippen LogP contribution >= 0.6 is 11.3 Å². The van der Waals surface area contributed by atoms with Crippen molar-refractivity contribution in [2.75, 3.05) is 6.61 Å². The predicted octanol–water partition coefficient (Wildman–Crippen LogP) is 7.22. The molecule has 0 spiro atoms. The number of benzene rings is 3. The fourth-order valence-corrected chi connectivity index (χ4v) is 6.86. The van der Waals surface area contributed by atoms with Crippen molar-refractivity contribution >= 4 is 27.3 Å². The Kier molecular flexibility index (Phi) is 8.24. The molecule has 1 aliphatic carbocycles. The van der Waals surface area contributed by atoms with E-state index in [9.17, 15) is 17.6 Å². The number of primary sulfonamides is 1. The zero-order chi connectivity index (χ0) is 31.0. The highest BCUT2D eigenvalue weighted by Gasteiger charge is 2.28. The Hall–Kier alpha value is -4.12. The second-order valence-electron chi connectivity index (χ2n) is 11.1. The summed E-state index contributed by atoms with van der Waals surface area (Å²) in [5.41, 5.74) is 8.01. The summed E-state index contributed by atoms with van der Waals surface area (Å²) >= 11 is 1.38. The minimum absolute atomic E-state index is 0.261. The van der Waals surface area contributed by atoms with Gasteiger partial charge in [-0.25, -0.2) is 27.7 Å². The van der Waals surface area contributed by atoms with Gasteiger partial charge in [0.15, 0.2) is 5.69 Å². The molecule has 10 heteroatoms. The van der Waals surface area contributed by atoms with E-state index in [0.717, 1.165) is 58.5 Å². The Morgan fingerprint density at radius 3 is 2.45 bits per heavy atom. The van der Waals surface area contributed by atoms with Gasteiger partial charge in [0.1, 0.15) is 15.7 Å². The van der Waals surface area contributed by atoms with Crippen LogP contribution in [0, 0.1) is 18.7 Å². The van der Waals surface area contributed by atoms with Crippen LogP contribution in [0.1, 0.15) is 47.1 Å². The first-order valence-corrected chi connectivity index (χ1v) is 16.9. The fourth-order valence-electron chi connectivity index (χ4n) is 5.44. The van der Waals surface area contributed by atoms with E-state index in [4.69, 9.17) is 9.88 Å². The van der Waals surface area contributed by atoms with Crippen LogP contribution in [0.15, 0.2) is 83.1 Å². The molecule has 5 aromatic rings. The Labute approximate surface area is 260 Å². The van der Waals surface area contributed by atoms with Crippen LogP contribution < -0.4 is 5.14 Å². The summed E-state index contributed by atoms with van der Waals surface area (Å²) in [6.07, 6.45) is 3.03. The van der Waals surface area contributed by atoms with Crippen LogP contribution in [-0.4, -0.2) is 30.5 Å². The number of carbonyl (C=O) groups excluding carboxylic acids is 1. The van der Waals surface area contributed by atoms with Crippen molar-refractivity contribution in [2.24, 2.45) is 11.1 Å². The van der Waals surface area contributed by atoms with E-state index in [1.807, 2.05) is 18.2 Å². The SMILES string of the molecule is CCOC(=O)c1csc(-c2cc(-c3cccc(-c4cccc(C)c4)c3)n(Cc3ccc(S(N)(=O)=O)c(F)c3)c2CC2CC2)n1. The van der Waals surface area contributed by atoms with Crippen molar-refractivity contribution in [3.8, 4) is 33.0 Å².